The molecule has 1 aromatic carbocycles. The Balaban J connectivity index is 1.64. The molecule has 1 aliphatic heterocycles. The zero-order valence-electron chi connectivity index (χ0n) is 17.3. The number of hydrogen-bond acceptors (Lipinski definition) is 5. The van der Waals surface area contributed by atoms with E-state index in [1.165, 1.54) is 35.2 Å². The second-order valence-electron chi connectivity index (χ2n) is 7.71. The maximum Gasteiger partial charge on any atom is 0.271 e. The van der Waals surface area contributed by atoms with Gasteiger partial charge in [0.1, 0.15) is 5.69 Å². The van der Waals surface area contributed by atoms with Crippen molar-refractivity contribution >= 4 is 5.91 Å². The van der Waals surface area contributed by atoms with Crippen LogP contribution in [-0.4, -0.2) is 47.4 Å². The van der Waals surface area contributed by atoms with Gasteiger partial charge in [-0.2, -0.15) is 5.10 Å². The summed E-state index contributed by atoms with van der Waals surface area (Å²) in [6, 6.07) is 11.0. The molecule has 2 aromatic rings. The van der Waals surface area contributed by atoms with E-state index in [0.717, 1.165) is 31.1 Å². The van der Waals surface area contributed by atoms with Gasteiger partial charge in [0.25, 0.3) is 11.5 Å². The fourth-order valence-electron chi connectivity index (χ4n) is 3.73. The number of carbonyl (C=O) groups excluding carboxylic acids is 1. The highest BCUT2D eigenvalue weighted by atomic mass is 16.5. The summed E-state index contributed by atoms with van der Waals surface area (Å²) in [5.41, 5.74) is 2.31. The van der Waals surface area contributed by atoms with Crippen molar-refractivity contribution in [2.24, 2.45) is 5.92 Å². The Morgan fingerprint density at radius 3 is 2.79 bits per heavy atom. The molecule has 1 saturated heterocycles. The third-order valence-corrected chi connectivity index (χ3v) is 5.30. The van der Waals surface area contributed by atoms with Crippen LogP contribution in [0.5, 0.6) is 0 Å². The van der Waals surface area contributed by atoms with Gasteiger partial charge in [0, 0.05) is 32.8 Å². The van der Waals surface area contributed by atoms with Gasteiger partial charge >= 0.3 is 0 Å². The van der Waals surface area contributed by atoms with Crippen molar-refractivity contribution in [3.05, 3.63) is 63.6 Å². The smallest absolute Gasteiger partial charge is 0.271 e. The zero-order valence-corrected chi connectivity index (χ0v) is 17.3. The molecule has 0 bridgehead atoms. The summed E-state index contributed by atoms with van der Waals surface area (Å²) in [5, 5.41) is 7.09. The summed E-state index contributed by atoms with van der Waals surface area (Å²) in [6.07, 6.45) is 2.54. The highest BCUT2D eigenvalue weighted by Crippen LogP contribution is 2.19. The fourth-order valence-corrected chi connectivity index (χ4v) is 3.73. The molecule has 0 radical (unpaired) electrons. The zero-order chi connectivity index (χ0) is 20.6. The number of aromatic nitrogens is 2. The topological polar surface area (TPSA) is 76.5 Å². The van der Waals surface area contributed by atoms with Crippen LogP contribution >= 0.6 is 0 Å². The van der Waals surface area contributed by atoms with Gasteiger partial charge in [0.2, 0.25) is 0 Å². The number of rotatable bonds is 8. The van der Waals surface area contributed by atoms with E-state index in [4.69, 9.17) is 4.74 Å². The summed E-state index contributed by atoms with van der Waals surface area (Å²) >= 11 is 0. The summed E-state index contributed by atoms with van der Waals surface area (Å²) in [5.74, 6) is 0.438. The second-order valence-corrected chi connectivity index (χ2v) is 7.71. The number of piperidine rings is 1. The Kier molecular flexibility index (Phi) is 7.55. The van der Waals surface area contributed by atoms with Crippen LogP contribution in [-0.2, 0) is 24.4 Å². The Morgan fingerprint density at radius 2 is 2.03 bits per heavy atom. The van der Waals surface area contributed by atoms with Gasteiger partial charge < -0.3 is 10.1 Å². The predicted molar refractivity (Wildman–Crippen MR) is 112 cm³/mol. The number of amides is 1. The quantitative estimate of drug-likeness (QED) is 0.737. The van der Waals surface area contributed by atoms with Crippen molar-refractivity contribution in [3.63, 3.8) is 0 Å². The highest BCUT2D eigenvalue weighted by Gasteiger charge is 2.17. The highest BCUT2D eigenvalue weighted by molar-refractivity contribution is 5.91. The molecule has 1 unspecified atom stereocenters. The molecule has 7 nitrogen and oxygen atoms in total. The average Bonchev–Trinajstić information content (AvgIpc) is 2.72. The Hall–Kier alpha value is -2.51. The molecule has 1 N–H and O–H groups in total. The lowest BCUT2D eigenvalue weighted by molar-refractivity contribution is 0.0942. The van der Waals surface area contributed by atoms with E-state index < -0.39 is 0 Å². The van der Waals surface area contributed by atoms with E-state index in [-0.39, 0.29) is 17.2 Å². The molecule has 2 heterocycles. The first-order valence-electron chi connectivity index (χ1n) is 10.2. The van der Waals surface area contributed by atoms with Crippen molar-refractivity contribution in [1.29, 1.82) is 0 Å². The molecule has 1 fully saturated rings. The molecule has 1 amide bonds. The SMILES string of the molecule is COCCn1nc(C(=O)NCc2ccccc2CN2CCCC(C)C2)ccc1=O. The second kappa shape index (κ2) is 10.3. The maximum atomic E-state index is 12.6. The molecular weight excluding hydrogens is 368 g/mol. The molecule has 29 heavy (non-hydrogen) atoms. The number of methoxy groups -OCH3 is 1. The molecule has 1 atom stereocenters. The maximum absolute atomic E-state index is 12.6. The van der Waals surface area contributed by atoms with Crippen molar-refractivity contribution in [3.8, 4) is 0 Å². The van der Waals surface area contributed by atoms with Gasteiger partial charge in [-0.05, 0) is 42.5 Å². The number of likely N-dealkylation sites (tertiary alicyclic amines) is 1. The van der Waals surface area contributed by atoms with E-state index in [1.807, 2.05) is 12.1 Å². The van der Waals surface area contributed by atoms with Crippen molar-refractivity contribution in [1.82, 2.24) is 20.0 Å². The van der Waals surface area contributed by atoms with Gasteiger partial charge in [0.15, 0.2) is 0 Å². The first kappa shape index (κ1) is 21.2. The molecule has 156 valence electrons. The van der Waals surface area contributed by atoms with E-state index >= 15 is 0 Å². The number of ether oxygens (including phenoxy) is 1. The lowest BCUT2D eigenvalue weighted by Gasteiger charge is -2.31. The lowest BCUT2D eigenvalue weighted by Crippen LogP contribution is -2.34. The standard InChI is InChI=1S/C22H30N4O3/c1-17-6-5-11-25(15-17)16-19-8-4-3-7-18(19)14-23-22(28)20-9-10-21(27)26(24-20)12-13-29-2/h3-4,7-10,17H,5-6,11-16H2,1-2H3,(H,23,28). The van der Waals surface area contributed by atoms with Crippen LogP contribution in [0.4, 0.5) is 0 Å². The first-order chi connectivity index (χ1) is 14.1. The molecular formula is C22H30N4O3. The molecule has 0 saturated carbocycles. The van der Waals surface area contributed by atoms with Gasteiger partial charge in [-0.25, -0.2) is 4.68 Å². The largest absolute Gasteiger partial charge is 0.383 e. The van der Waals surface area contributed by atoms with Gasteiger partial charge in [-0.15, -0.1) is 0 Å². The minimum Gasteiger partial charge on any atom is -0.383 e. The van der Waals surface area contributed by atoms with Crippen LogP contribution in [0.1, 0.15) is 41.4 Å². The Morgan fingerprint density at radius 1 is 1.24 bits per heavy atom. The van der Waals surface area contributed by atoms with E-state index in [2.05, 4.69) is 34.4 Å². The minimum absolute atomic E-state index is 0.225. The third-order valence-electron chi connectivity index (χ3n) is 5.30. The fraction of sp³-hybridized carbons (Fsp3) is 0.500. The van der Waals surface area contributed by atoms with Gasteiger partial charge in [-0.1, -0.05) is 31.2 Å². The van der Waals surface area contributed by atoms with Crippen molar-refractivity contribution in [2.45, 2.75) is 39.4 Å². The first-order valence-corrected chi connectivity index (χ1v) is 10.2. The van der Waals surface area contributed by atoms with Crippen LogP contribution in [0.25, 0.3) is 0 Å². The third kappa shape index (κ3) is 5.98. The van der Waals surface area contributed by atoms with E-state index in [1.54, 1.807) is 7.11 Å². The van der Waals surface area contributed by atoms with Crippen LogP contribution in [0.2, 0.25) is 0 Å². The lowest BCUT2D eigenvalue weighted by atomic mass is 9.99. The normalized spacial score (nSPS) is 17.2. The van der Waals surface area contributed by atoms with Crippen molar-refractivity contribution in [2.75, 3.05) is 26.8 Å². The number of nitrogens with zero attached hydrogens (tertiary/aromatic N) is 3. The number of hydrogen-bond donors (Lipinski definition) is 1. The molecule has 3 rings (SSSR count). The van der Waals surface area contributed by atoms with Crippen LogP contribution in [0.3, 0.4) is 0 Å². The molecule has 0 spiro atoms. The van der Waals surface area contributed by atoms with Crippen molar-refractivity contribution < 1.29 is 9.53 Å². The molecule has 1 aliphatic rings. The molecule has 7 heteroatoms. The number of nitrogens with one attached hydrogen (secondary N) is 1. The predicted octanol–water partition coefficient (Wildman–Crippen LogP) is 2.05. The van der Waals surface area contributed by atoms with E-state index in [9.17, 15) is 9.59 Å². The summed E-state index contributed by atoms with van der Waals surface area (Å²) in [4.78, 5) is 26.9. The van der Waals surface area contributed by atoms with Crippen LogP contribution in [0, 0.1) is 5.92 Å². The number of benzene rings is 1. The van der Waals surface area contributed by atoms with E-state index in [0.29, 0.717) is 19.7 Å². The minimum atomic E-state index is -0.294. The monoisotopic (exact) mass is 398 g/mol. The summed E-state index contributed by atoms with van der Waals surface area (Å²) in [6.45, 7) is 6.55. The molecule has 1 aromatic heterocycles. The van der Waals surface area contributed by atoms with Gasteiger partial charge in [-0.3, -0.25) is 14.5 Å². The Labute approximate surface area is 171 Å². The van der Waals surface area contributed by atoms with Crippen LogP contribution < -0.4 is 10.9 Å². The number of carbonyl (C=O) groups is 1. The summed E-state index contributed by atoms with van der Waals surface area (Å²) in [7, 11) is 1.56. The Bertz CT molecular complexity index is 880. The average molecular weight is 399 g/mol. The van der Waals surface area contributed by atoms with Crippen LogP contribution in [0.15, 0.2) is 41.2 Å². The van der Waals surface area contributed by atoms with Gasteiger partial charge in [0.05, 0.1) is 13.2 Å². The summed E-state index contributed by atoms with van der Waals surface area (Å²) < 4.78 is 6.24. The molecule has 0 aliphatic carbocycles.